The molecule has 1 amide bonds. The average Bonchev–Trinajstić information content (AvgIpc) is 2.65. The summed E-state index contributed by atoms with van der Waals surface area (Å²) in [4.78, 5) is 25.7. The molecule has 2 aromatic rings. The van der Waals surface area contributed by atoms with Gasteiger partial charge in [-0.15, -0.1) is 0 Å². The minimum atomic E-state index is -0.466. The second-order valence-electron chi connectivity index (χ2n) is 5.77. The van der Waals surface area contributed by atoms with Crippen LogP contribution in [0.25, 0.3) is 0 Å². The number of benzene rings is 2. The van der Waals surface area contributed by atoms with E-state index in [0.29, 0.717) is 11.3 Å². The van der Waals surface area contributed by atoms with Crippen LogP contribution in [0.4, 0.5) is 4.39 Å². The number of amides is 1. The van der Waals surface area contributed by atoms with Gasteiger partial charge >= 0.3 is 5.97 Å². The summed E-state index contributed by atoms with van der Waals surface area (Å²) >= 11 is 0. The zero-order valence-corrected chi connectivity index (χ0v) is 15.1. The van der Waals surface area contributed by atoms with Gasteiger partial charge in [-0.1, -0.05) is 18.2 Å². The lowest BCUT2D eigenvalue weighted by Gasteiger charge is -2.25. The molecule has 0 radical (unpaired) electrons. The second-order valence-corrected chi connectivity index (χ2v) is 5.77. The van der Waals surface area contributed by atoms with Gasteiger partial charge in [0, 0.05) is 12.6 Å². The number of hydrogen-bond acceptors (Lipinski definition) is 4. The van der Waals surface area contributed by atoms with Gasteiger partial charge in [-0.3, -0.25) is 4.79 Å². The van der Waals surface area contributed by atoms with Crippen molar-refractivity contribution in [3.63, 3.8) is 0 Å². The third kappa shape index (κ3) is 5.05. The Morgan fingerprint density at radius 1 is 1.15 bits per heavy atom. The maximum absolute atomic E-state index is 13.1. The van der Waals surface area contributed by atoms with Gasteiger partial charge in [-0.2, -0.15) is 0 Å². The van der Waals surface area contributed by atoms with E-state index in [9.17, 15) is 14.0 Å². The number of rotatable bonds is 7. The van der Waals surface area contributed by atoms with Gasteiger partial charge in [-0.25, -0.2) is 9.18 Å². The summed E-state index contributed by atoms with van der Waals surface area (Å²) in [7, 11) is 1.68. The van der Waals surface area contributed by atoms with E-state index in [2.05, 4.69) is 0 Å². The topological polar surface area (TPSA) is 55.8 Å². The van der Waals surface area contributed by atoms with Crippen molar-refractivity contribution >= 4 is 11.9 Å². The fraction of sp³-hybridized carbons (Fsp3) is 0.300. The van der Waals surface area contributed by atoms with Crippen LogP contribution in [0.2, 0.25) is 0 Å². The summed E-state index contributed by atoms with van der Waals surface area (Å²) in [6.07, 6.45) is 0. The van der Waals surface area contributed by atoms with Gasteiger partial charge in [-0.05, 0) is 49.7 Å². The number of halogens is 1. The van der Waals surface area contributed by atoms with E-state index in [-0.39, 0.29) is 31.0 Å². The van der Waals surface area contributed by atoms with Crippen molar-refractivity contribution < 1.29 is 23.5 Å². The molecule has 0 aliphatic rings. The standard InChI is InChI=1S/C20H22FNO4/c1-4-25-19(23)13-26-18-7-5-6-16(12-18)20(24)22(3)14(2)15-8-10-17(21)11-9-15/h5-12,14H,4,13H2,1-3H3/t14-/m0/s1. The molecule has 1 atom stereocenters. The van der Waals surface area contributed by atoms with Crippen molar-refractivity contribution in [2.45, 2.75) is 19.9 Å². The van der Waals surface area contributed by atoms with Gasteiger partial charge in [0.05, 0.1) is 12.6 Å². The quantitative estimate of drug-likeness (QED) is 0.709. The predicted octanol–water partition coefficient (Wildman–Crippen LogP) is 3.60. The van der Waals surface area contributed by atoms with Crippen molar-refractivity contribution in [2.24, 2.45) is 0 Å². The lowest BCUT2D eigenvalue weighted by atomic mass is 10.1. The molecular weight excluding hydrogens is 337 g/mol. The summed E-state index contributed by atoms with van der Waals surface area (Å²) in [6, 6.07) is 12.4. The predicted molar refractivity (Wildman–Crippen MR) is 95.5 cm³/mol. The fourth-order valence-electron chi connectivity index (χ4n) is 2.41. The molecule has 5 nitrogen and oxygen atoms in total. The van der Waals surface area contributed by atoms with Crippen LogP contribution in [-0.4, -0.2) is 37.0 Å². The molecule has 6 heteroatoms. The third-order valence-electron chi connectivity index (χ3n) is 4.00. The van der Waals surface area contributed by atoms with Crippen LogP contribution in [0.5, 0.6) is 5.75 Å². The lowest BCUT2D eigenvalue weighted by Crippen LogP contribution is -2.29. The molecule has 0 spiro atoms. The van der Waals surface area contributed by atoms with Crippen LogP contribution in [0.15, 0.2) is 48.5 Å². The minimum absolute atomic E-state index is 0.205. The van der Waals surface area contributed by atoms with Crippen LogP contribution in [0, 0.1) is 5.82 Å². The lowest BCUT2D eigenvalue weighted by molar-refractivity contribution is -0.145. The molecule has 0 aliphatic heterocycles. The Balaban J connectivity index is 2.07. The van der Waals surface area contributed by atoms with Gasteiger partial charge in [0.1, 0.15) is 11.6 Å². The molecule has 2 rings (SSSR count). The van der Waals surface area contributed by atoms with Crippen molar-refractivity contribution in [2.75, 3.05) is 20.3 Å². The highest BCUT2D eigenvalue weighted by molar-refractivity contribution is 5.94. The van der Waals surface area contributed by atoms with Crippen LogP contribution in [0.3, 0.4) is 0 Å². The summed E-state index contributed by atoms with van der Waals surface area (Å²) in [5.74, 6) is -0.581. The second kappa shape index (κ2) is 8.99. The van der Waals surface area contributed by atoms with Crippen molar-refractivity contribution in [3.05, 3.63) is 65.5 Å². The molecule has 0 saturated heterocycles. The summed E-state index contributed by atoms with van der Waals surface area (Å²) in [6.45, 7) is 3.65. The van der Waals surface area contributed by atoms with E-state index in [0.717, 1.165) is 5.56 Å². The minimum Gasteiger partial charge on any atom is -0.482 e. The number of carbonyl (C=O) groups is 2. The fourth-order valence-corrected chi connectivity index (χ4v) is 2.41. The first-order valence-corrected chi connectivity index (χ1v) is 8.33. The number of hydrogen-bond donors (Lipinski definition) is 0. The Labute approximate surface area is 152 Å². The van der Waals surface area contributed by atoms with Gasteiger partial charge in [0.15, 0.2) is 6.61 Å². The Bertz CT molecular complexity index is 761. The normalized spacial score (nSPS) is 11.5. The number of esters is 1. The van der Waals surface area contributed by atoms with Crippen LogP contribution < -0.4 is 4.74 Å². The van der Waals surface area contributed by atoms with Crippen molar-refractivity contribution in [3.8, 4) is 5.75 Å². The van der Waals surface area contributed by atoms with E-state index in [1.807, 2.05) is 6.92 Å². The highest BCUT2D eigenvalue weighted by Crippen LogP contribution is 2.22. The SMILES string of the molecule is CCOC(=O)COc1cccc(C(=O)N(C)[C@@H](C)c2ccc(F)cc2)c1. The largest absolute Gasteiger partial charge is 0.482 e. The van der Waals surface area contributed by atoms with Crippen LogP contribution in [-0.2, 0) is 9.53 Å². The third-order valence-corrected chi connectivity index (χ3v) is 4.00. The highest BCUT2D eigenvalue weighted by atomic mass is 19.1. The Morgan fingerprint density at radius 3 is 2.50 bits per heavy atom. The van der Waals surface area contributed by atoms with E-state index in [1.165, 1.54) is 12.1 Å². The first kappa shape index (κ1) is 19.4. The van der Waals surface area contributed by atoms with Gasteiger partial charge < -0.3 is 14.4 Å². The molecule has 0 bridgehead atoms. The molecular formula is C20H22FNO4. The molecule has 2 aromatic carbocycles. The first-order valence-electron chi connectivity index (χ1n) is 8.33. The van der Waals surface area contributed by atoms with E-state index in [4.69, 9.17) is 9.47 Å². The molecule has 0 fully saturated rings. The van der Waals surface area contributed by atoms with Crippen LogP contribution >= 0.6 is 0 Å². The molecule has 0 N–H and O–H groups in total. The molecule has 26 heavy (non-hydrogen) atoms. The number of carbonyl (C=O) groups excluding carboxylic acids is 2. The molecule has 138 valence electrons. The smallest absolute Gasteiger partial charge is 0.344 e. The van der Waals surface area contributed by atoms with Gasteiger partial charge in [0.25, 0.3) is 5.91 Å². The average molecular weight is 359 g/mol. The van der Waals surface area contributed by atoms with E-state index >= 15 is 0 Å². The number of nitrogens with zero attached hydrogens (tertiary/aromatic N) is 1. The Hall–Kier alpha value is -2.89. The summed E-state index contributed by atoms with van der Waals surface area (Å²) in [5.41, 5.74) is 1.26. The molecule has 0 aromatic heterocycles. The van der Waals surface area contributed by atoms with Crippen molar-refractivity contribution in [1.29, 1.82) is 0 Å². The zero-order valence-electron chi connectivity index (χ0n) is 15.1. The molecule has 0 unspecified atom stereocenters. The first-order chi connectivity index (χ1) is 12.4. The molecule has 0 aliphatic carbocycles. The highest BCUT2D eigenvalue weighted by Gasteiger charge is 2.19. The molecule has 0 heterocycles. The Morgan fingerprint density at radius 2 is 1.85 bits per heavy atom. The maximum atomic E-state index is 13.1. The Kier molecular flexibility index (Phi) is 6.72. The maximum Gasteiger partial charge on any atom is 0.344 e. The number of ether oxygens (including phenoxy) is 2. The zero-order chi connectivity index (χ0) is 19.1. The summed E-state index contributed by atoms with van der Waals surface area (Å²) in [5, 5.41) is 0. The van der Waals surface area contributed by atoms with Crippen LogP contribution in [0.1, 0.15) is 35.8 Å². The monoisotopic (exact) mass is 359 g/mol. The molecule has 0 saturated carbocycles. The van der Waals surface area contributed by atoms with E-state index < -0.39 is 5.97 Å². The van der Waals surface area contributed by atoms with Gasteiger partial charge in [0.2, 0.25) is 0 Å². The van der Waals surface area contributed by atoms with E-state index in [1.54, 1.807) is 55.3 Å². The summed E-state index contributed by atoms with van der Waals surface area (Å²) < 4.78 is 23.2. The van der Waals surface area contributed by atoms with Crippen molar-refractivity contribution in [1.82, 2.24) is 4.90 Å².